The SMILES string of the molecule is N#Cc1cc(Oc2ccc3nc(Nc4ccc(Cl)cc4)[nH]c3c2)ccn1. The Hall–Kier alpha value is -3.56. The van der Waals surface area contributed by atoms with E-state index in [-0.39, 0.29) is 0 Å². The van der Waals surface area contributed by atoms with Gasteiger partial charge in [-0.2, -0.15) is 5.26 Å². The summed E-state index contributed by atoms with van der Waals surface area (Å²) in [6.45, 7) is 0. The summed E-state index contributed by atoms with van der Waals surface area (Å²) in [7, 11) is 0. The number of imidazole rings is 1. The van der Waals surface area contributed by atoms with Crippen LogP contribution in [0.1, 0.15) is 5.69 Å². The van der Waals surface area contributed by atoms with Crippen LogP contribution < -0.4 is 10.1 Å². The lowest BCUT2D eigenvalue weighted by atomic mass is 10.3. The van der Waals surface area contributed by atoms with Crippen molar-refractivity contribution in [3.63, 3.8) is 0 Å². The first-order valence-electron chi connectivity index (χ1n) is 7.76. The monoisotopic (exact) mass is 361 g/mol. The first kappa shape index (κ1) is 15.9. The van der Waals surface area contributed by atoms with E-state index in [0.717, 1.165) is 16.7 Å². The van der Waals surface area contributed by atoms with Crippen molar-refractivity contribution >= 4 is 34.3 Å². The molecule has 0 atom stereocenters. The number of aromatic nitrogens is 3. The van der Waals surface area contributed by atoms with Gasteiger partial charge < -0.3 is 15.0 Å². The molecule has 0 fully saturated rings. The molecule has 2 heterocycles. The molecular formula is C19H12ClN5O. The lowest BCUT2D eigenvalue weighted by Gasteiger charge is -2.05. The Kier molecular flexibility index (Phi) is 4.14. The average Bonchev–Trinajstić information content (AvgIpc) is 3.05. The van der Waals surface area contributed by atoms with E-state index >= 15 is 0 Å². The molecule has 4 aromatic rings. The van der Waals surface area contributed by atoms with Crippen molar-refractivity contribution in [2.75, 3.05) is 5.32 Å². The first-order chi connectivity index (χ1) is 12.7. The van der Waals surface area contributed by atoms with E-state index in [1.165, 1.54) is 6.20 Å². The molecule has 0 aliphatic heterocycles. The van der Waals surface area contributed by atoms with E-state index < -0.39 is 0 Å². The van der Waals surface area contributed by atoms with Gasteiger partial charge in [-0.25, -0.2) is 9.97 Å². The van der Waals surface area contributed by atoms with Gasteiger partial charge in [-0.05, 0) is 42.5 Å². The average molecular weight is 362 g/mol. The van der Waals surface area contributed by atoms with Crippen molar-refractivity contribution in [1.29, 1.82) is 5.26 Å². The number of anilines is 2. The molecule has 26 heavy (non-hydrogen) atoms. The van der Waals surface area contributed by atoms with Crippen LogP contribution in [-0.2, 0) is 0 Å². The number of pyridine rings is 1. The number of halogens is 1. The Morgan fingerprint density at radius 3 is 2.65 bits per heavy atom. The second-order valence-electron chi connectivity index (χ2n) is 5.49. The van der Waals surface area contributed by atoms with Gasteiger partial charge in [-0.15, -0.1) is 0 Å². The molecule has 0 aliphatic carbocycles. The molecule has 6 nitrogen and oxygen atoms in total. The zero-order valence-electron chi connectivity index (χ0n) is 13.4. The molecule has 2 aromatic carbocycles. The van der Waals surface area contributed by atoms with Crippen LogP contribution in [0, 0.1) is 11.3 Å². The molecular weight excluding hydrogens is 350 g/mol. The third kappa shape index (κ3) is 3.43. The summed E-state index contributed by atoms with van der Waals surface area (Å²) in [4.78, 5) is 11.6. The number of aromatic amines is 1. The number of benzene rings is 2. The first-order valence-corrected chi connectivity index (χ1v) is 8.14. The highest BCUT2D eigenvalue weighted by Crippen LogP contribution is 2.26. The summed E-state index contributed by atoms with van der Waals surface area (Å²) in [6.07, 6.45) is 1.54. The minimum absolute atomic E-state index is 0.305. The quantitative estimate of drug-likeness (QED) is 0.533. The van der Waals surface area contributed by atoms with Gasteiger partial charge in [-0.3, -0.25) is 0 Å². The van der Waals surface area contributed by atoms with E-state index in [0.29, 0.717) is 28.2 Å². The van der Waals surface area contributed by atoms with E-state index in [2.05, 4.69) is 20.3 Å². The predicted octanol–water partition coefficient (Wildman–Crippen LogP) is 5.02. The third-order valence-electron chi connectivity index (χ3n) is 3.64. The van der Waals surface area contributed by atoms with Crippen molar-refractivity contribution in [3.8, 4) is 17.6 Å². The van der Waals surface area contributed by atoms with E-state index in [4.69, 9.17) is 21.6 Å². The number of nitrogens with one attached hydrogen (secondary N) is 2. The number of fused-ring (bicyclic) bond motifs is 1. The topological polar surface area (TPSA) is 86.6 Å². The van der Waals surface area contributed by atoms with Gasteiger partial charge in [0.05, 0.1) is 11.0 Å². The molecule has 0 unspecified atom stereocenters. The van der Waals surface area contributed by atoms with Crippen LogP contribution in [0.25, 0.3) is 11.0 Å². The Labute approximate surface area is 154 Å². The van der Waals surface area contributed by atoms with E-state index in [9.17, 15) is 0 Å². The molecule has 2 N–H and O–H groups in total. The number of hydrogen-bond donors (Lipinski definition) is 2. The van der Waals surface area contributed by atoms with Gasteiger partial charge >= 0.3 is 0 Å². The maximum Gasteiger partial charge on any atom is 0.205 e. The van der Waals surface area contributed by atoms with Crippen LogP contribution in [0.5, 0.6) is 11.5 Å². The zero-order valence-corrected chi connectivity index (χ0v) is 14.2. The van der Waals surface area contributed by atoms with Crippen LogP contribution in [0.4, 0.5) is 11.6 Å². The second kappa shape index (κ2) is 6.75. The number of ether oxygens (including phenoxy) is 1. The molecule has 2 aromatic heterocycles. The molecule has 0 spiro atoms. The van der Waals surface area contributed by atoms with Gasteiger partial charge in [-0.1, -0.05) is 11.6 Å². The molecule has 7 heteroatoms. The summed E-state index contributed by atoms with van der Waals surface area (Å²) >= 11 is 5.90. The van der Waals surface area contributed by atoms with Crippen LogP contribution in [0.3, 0.4) is 0 Å². The number of nitrogens with zero attached hydrogens (tertiary/aromatic N) is 3. The summed E-state index contributed by atoms with van der Waals surface area (Å²) in [5.74, 6) is 1.80. The van der Waals surface area contributed by atoms with Crippen molar-refractivity contribution in [3.05, 3.63) is 71.5 Å². The van der Waals surface area contributed by atoms with Crippen molar-refractivity contribution in [2.45, 2.75) is 0 Å². The fourth-order valence-electron chi connectivity index (χ4n) is 2.45. The molecule has 0 saturated heterocycles. The summed E-state index contributed by atoms with van der Waals surface area (Å²) < 4.78 is 5.80. The van der Waals surface area contributed by atoms with Gasteiger partial charge in [0.1, 0.15) is 23.3 Å². The lowest BCUT2D eigenvalue weighted by Crippen LogP contribution is -1.91. The second-order valence-corrected chi connectivity index (χ2v) is 5.92. The number of H-pyrrole nitrogens is 1. The minimum atomic E-state index is 0.305. The van der Waals surface area contributed by atoms with Gasteiger partial charge in [0.2, 0.25) is 5.95 Å². The Morgan fingerprint density at radius 1 is 1.04 bits per heavy atom. The molecule has 4 rings (SSSR count). The Bertz CT molecular complexity index is 1110. The number of hydrogen-bond acceptors (Lipinski definition) is 5. The molecule has 0 radical (unpaired) electrons. The van der Waals surface area contributed by atoms with Crippen molar-refractivity contribution in [1.82, 2.24) is 15.0 Å². The normalized spacial score (nSPS) is 10.5. The van der Waals surface area contributed by atoms with Gasteiger partial charge in [0.15, 0.2) is 0 Å². The highest BCUT2D eigenvalue weighted by atomic mass is 35.5. The highest BCUT2D eigenvalue weighted by Gasteiger charge is 2.06. The smallest absolute Gasteiger partial charge is 0.205 e. The van der Waals surface area contributed by atoms with Gasteiger partial charge in [0, 0.05) is 29.0 Å². The maximum absolute atomic E-state index is 8.91. The fourth-order valence-corrected chi connectivity index (χ4v) is 2.58. The van der Waals surface area contributed by atoms with Crippen LogP contribution in [0.2, 0.25) is 5.02 Å². The number of nitriles is 1. The van der Waals surface area contributed by atoms with Crippen molar-refractivity contribution in [2.24, 2.45) is 0 Å². The maximum atomic E-state index is 8.91. The highest BCUT2D eigenvalue weighted by molar-refractivity contribution is 6.30. The van der Waals surface area contributed by atoms with Crippen LogP contribution in [0.15, 0.2) is 60.8 Å². The fraction of sp³-hybridized carbons (Fsp3) is 0. The Morgan fingerprint density at radius 2 is 1.85 bits per heavy atom. The molecule has 126 valence electrons. The standard InChI is InChI=1S/C19H12ClN5O/c20-12-1-3-13(4-2-12)23-19-24-17-6-5-15(10-18(17)25-19)26-16-7-8-22-14(9-16)11-21/h1-10H,(H2,23,24,25). The Balaban J connectivity index is 1.57. The molecule has 0 bridgehead atoms. The summed E-state index contributed by atoms with van der Waals surface area (Å²) in [6, 6.07) is 18.2. The summed E-state index contributed by atoms with van der Waals surface area (Å²) in [5, 5.41) is 12.8. The predicted molar refractivity (Wildman–Crippen MR) is 99.9 cm³/mol. The van der Waals surface area contributed by atoms with Crippen LogP contribution >= 0.6 is 11.6 Å². The molecule has 0 saturated carbocycles. The molecule has 0 amide bonds. The molecule has 0 aliphatic rings. The summed E-state index contributed by atoms with van der Waals surface area (Å²) in [5.41, 5.74) is 2.82. The van der Waals surface area contributed by atoms with E-state index in [1.807, 2.05) is 48.5 Å². The number of rotatable bonds is 4. The van der Waals surface area contributed by atoms with Crippen molar-refractivity contribution < 1.29 is 4.74 Å². The minimum Gasteiger partial charge on any atom is -0.457 e. The van der Waals surface area contributed by atoms with Crippen LogP contribution in [-0.4, -0.2) is 15.0 Å². The lowest BCUT2D eigenvalue weighted by molar-refractivity contribution is 0.482. The zero-order chi connectivity index (χ0) is 17.9. The third-order valence-corrected chi connectivity index (χ3v) is 3.89. The van der Waals surface area contributed by atoms with Gasteiger partial charge in [0.25, 0.3) is 0 Å². The van der Waals surface area contributed by atoms with E-state index in [1.54, 1.807) is 12.1 Å². The largest absolute Gasteiger partial charge is 0.457 e.